The average Bonchev–Trinajstić information content (AvgIpc) is 3.92. The van der Waals surface area contributed by atoms with Crippen LogP contribution in [0.5, 0.6) is 17.2 Å². The number of aromatic hydroxyl groups is 1. The fraction of sp³-hybridized carbons (Fsp3) is 0.400. The van der Waals surface area contributed by atoms with Crippen LogP contribution < -0.4 is 20.3 Å². The third-order valence-electron chi connectivity index (χ3n) is 10.0. The highest BCUT2D eigenvalue weighted by molar-refractivity contribution is 7.12. The Labute approximate surface area is 327 Å². The third-order valence-corrected chi connectivity index (χ3v) is 12.3. The van der Waals surface area contributed by atoms with Crippen LogP contribution in [-0.4, -0.2) is 83.7 Å². The molecule has 0 saturated heterocycles. The number of aromatic amines is 1. The Balaban J connectivity index is 0.923. The Kier molecular flexibility index (Phi) is 13.3. The molecule has 6 rings (SSSR count). The maximum atomic E-state index is 13.4. The van der Waals surface area contributed by atoms with Crippen molar-refractivity contribution >= 4 is 51.1 Å². The molecule has 0 aliphatic heterocycles. The number of H-pyrrole nitrogens is 1. The number of aliphatic hydroxyl groups excluding tert-OH is 1. The molecule has 5 N–H and O–H groups in total. The van der Waals surface area contributed by atoms with Crippen molar-refractivity contribution in [3.05, 3.63) is 108 Å². The number of esters is 1. The Morgan fingerprint density at radius 2 is 1.78 bits per heavy atom. The van der Waals surface area contributed by atoms with Gasteiger partial charge in [0.25, 0.3) is 0 Å². The van der Waals surface area contributed by atoms with Gasteiger partial charge < -0.3 is 44.7 Å². The number of methoxy groups -OCH3 is 1. The zero-order valence-corrected chi connectivity index (χ0v) is 32.6. The summed E-state index contributed by atoms with van der Waals surface area (Å²) in [5.41, 5.74) is -0.330. The minimum absolute atomic E-state index is 0.0531. The first kappa shape index (κ1) is 39.7. The second-order valence-corrected chi connectivity index (χ2v) is 15.8. The number of phenols is 1. The van der Waals surface area contributed by atoms with Crippen LogP contribution in [0.3, 0.4) is 0 Å². The summed E-state index contributed by atoms with van der Waals surface area (Å²) in [7, 11) is 3.71. The molecule has 2 aromatic carbocycles. The Morgan fingerprint density at radius 3 is 2.44 bits per heavy atom. The Morgan fingerprint density at radius 1 is 1.06 bits per heavy atom. The second-order valence-electron chi connectivity index (χ2n) is 13.5. The topological polar surface area (TPSA) is 154 Å². The first-order valence-electron chi connectivity index (χ1n) is 18.0. The fourth-order valence-corrected chi connectivity index (χ4v) is 8.96. The van der Waals surface area contributed by atoms with Gasteiger partial charge in [-0.05, 0) is 104 Å². The van der Waals surface area contributed by atoms with Crippen molar-refractivity contribution in [2.24, 2.45) is 0 Å². The molecule has 0 amide bonds. The van der Waals surface area contributed by atoms with Crippen molar-refractivity contribution in [2.45, 2.75) is 62.4 Å². The lowest BCUT2D eigenvalue weighted by atomic mass is 9.91. The first-order valence-corrected chi connectivity index (χ1v) is 20.2. The normalized spacial score (nSPS) is 16.8. The van der Waals surface area contributed by atoms with Gasteiger partial charge >= 0.3 is 5.97 Å². The number of phenolic OH excluding ortho intramolecular Hbond substituents is 1. The second kappa shape index (κ2) is 18.1. The number of aromatic nitrogens is 1. The van der Waals surface area contributed by atoms with E-state index in [0.717, 1.165) is 44.2 Å². The highest BCUT2D eigenvalue weighted by Crippen LogP contribution is 2.38. The number of aliphatic hydroxyl groups is 2. The van der Waals surface area contributed by atoms with Crippen LogP contribution in [0.25, 0.3) is 10.9 Å². The standard InChI is InChI=1S/C40H46ClN3O8S2/c1-44(26-8-10-27(11-9-26)52-39(48)40(49,35-6-3-20-53-35)36-7-4-21-54-36)18-5-19-51-34-23-33(50-2)25(22-30(34)41)16-17-42-24-32(46)28-12-14-31(45)38-29(28)13-15-37(47)43-38/h3-4,6-7,12-15,20-23,26-27,32,42,45-46,49H,5,8-11,16-19,24H2,1-2H3,(H,43,47)/t26?,27?,32-/m0/s1. The van der Waals surface area contributed by atoms with Gasteiger partial charge in [0.05, 0.1) is 40.1 Å². The molecule has 1 atom stereocenters. The van der Waals surface area contributed by atoms with Crippen molar-refractivity contribution in [1.29, 1.82) is 0 Å². The molecule has 11 nitrogen and oxygen atoms in total. The minimum Gasteiger partial charge on any atom is -0.506 e. The van der Waals surface area contributed by atoms with Crippen molar-refractivity contribution in [3.8, 4) is 17.2 Å². The van der Waals surface area contributed by atoms with Gasteiger partial charge in [0.15, 0.2) is 0 Å². The average molecular weight is 796 g/mol. The van der Waals surface area contributed by atoms with Gasteiger partial charge in [-0.25, -0.2) is 4.79 Å². The van der Waals surface area contributed by atoms with Gasteiger partial charge in [-0.1, -0.05) is 29.8 Å². The summed E-state index contributed by atoms with van der Waals surface area (Å²) >= 11 is 9.32. The van der Waals surface area contributed by atoms with E-state index in [1.807, 2.05) is 29.0 Å². The van der Waals surface area contributed by atoms with Crippen molar-refractivity contribution in [2.75, 3.05) is 40.4 Å². The number of pyridine rings is 1. The molecular weight excluding hydrogens is 750 g/mol. The van der Waals surface area contributed by atoms with Crippen LogP contribution in [0, 0.1) is 0 Å². The molecule has 5 aromatic rings. The summed E-state index contributed by atoms with van der Waals surface area (Å²) in [5, 5.41) is 40.6. The van der Waals surface area contributed by atoms with Crippen molar-refractivity contribution in [3.63, 3.8) is 0 Å². The third kappa shape index (κ3) is 9.11. The number of ether oxygens (including phenoxy) is 3. The van der Waals surface area contributed by atoms with Crippen molar-refractivity contribution in [1.82, 2.24) is 15.2 Å². The smallest absolute Gasteiger partial charge is 0.349 e. The van der Waals surface area contributed by atoms with E-state index in [9.17, 15) is 24.9 Å². The number of rotatable bonds is 17. The number of benzene rings is 2. The number of carbonyl (C=O) groups excluding carboxylic acids is 1. The number of nitrogens with zero attached hydrogens (tertiary/aromatic N) is 1. The molecule has 0 bridgehead atoms. The number of nitrogens with one attached hydrogen (secondary N) is 2. The highest BCUT2D eigenvalue weighted by atomic mass is 35.5. The zero-order chi connectivity index (χ0) is 38.2. The van der Waals surface area contributed by atoms with Crippen LogP contribution in [0.2, 0.25) is 5.02 Å². The summed E-state index contributed by atoms with van der Waals surface area (Å²) in [5.74, 6) is 0.540. The molecule has 1 aliphatic carbocycles. The quantitative estimate of drug-likeness (QED) is 0.0530. The van der Waals surface area contributed by atoms with Crippen LogP contribution in [0.1, 0.15) is 59.1 Å². The summed E-state index contributed by atoms with van der Waals surface area (Å²) in [6, 6.07) is 17.3. The predicted octanol–water partition coefficient (Wildman–Crippen LogP) is 6.38. The lowest BCUT2D eigenvalue weighted by molar-refractivity contribution is -0.169. The molecule has 0 unspecified atom stereocenters. The van der Waals surface area contributed by atoms with E-state index in [0.29, 0.717) is 68.4 Å². The van der Waals surface area contributed by atoms with E-state index in [1.54, 1.807) is 37.4 Å². The van der Waals surface area contributed by atoms with Gasteiger partial charge in [0.2, 0.25) is 11.2 Å². The minimum atomic E-state index is -1.79. The molecule has 0 radical (unpaired) electrons. The maximum Gasteiger partial charge on any atom is 0.349 e. The number of hydrogen-bond acceptors (Lipinski definition) is 12. The van der Waals surface area contributed by atoms with E-state index in [1.165, 1.54) is 34.8 Å². The molecule has 1 fully saturated rings. The van der Waals surface area contributed by atoms with E-state index in [-0.39, 0.29) is 24.0 Å². The zero-order valence-electron chi connectivity index (χ0n) is 30.3. The largest absolute Gasteiger partial charge is 0.506 e. The summed E-state index contributed by atoms with van der Waals surface area (Å²) in [6.07, 6.45) is 3.53. The van der Waals surface area contributed by atoms with Gasteiger partial charge in [0, 0.05) is 36.7 Å². The highest BCUT2D eigenvalue weighted by Gasteiger charge is 2.45. The van der Waals surface area contributed by atoms with Crippen LogP contribution in [0.4, 0.5) is 0 Å². The van der Waals surface area contributed by atoms with Gasteiger partial charge in [-0.3, -0.25) is 4.79 Å². The number of fused-ring (bicyclic) bond motifs is 1. The number of hydrogen-bond donors (Lipinski definition) is 5. The maximum absolute atomic E-state index is 13.4. The molecule has 3 heterocycles. The van der Waals surface area contributed by atoms with E-state index < -0.39 is 17.7 Å². The lowest BCUT2D eigenvalue weighted by Gasteiger charge is -2.35. The molecule has 14 heteroatoms. The summed E-state index contributed by atoms with van der Waals surface area (Å²) < 4.78 is 17.6. The molecule has 1 saturated carbocycles. The van der Waals surface area contributed by atoms with Crippen molar-refractivity contribution < 1.29 is 34.3 Å². The number of thiophene rings is 2. The first-order chi connectivity index (χ1) is 26.1. The Bertz CT molecular complexity index is 2010. The van der Waals surface area contributed by atoms with E-state index in [2.05, 4.69) is 22.2 Å². The number of carbonyl (C=O) groups is 1. The van der Waals surface area contributed by atoms with Crippen LogP contribution in [-0.2, 0) is 21.6 Å². The van der Waals surface area contributed by atoms with Gasteiger partial charge in [-0.15, -0.1) is 22.7 Å². The van der Waals surface area contributed by atoms with E-state index >= 15 is 0 Å². The van der Waals surface area contributed by atoms with Crippen LogP contribution in [0.15, 0.2) is 76.2 Å². The monoisotopic (exact) mass is 795 g/mol. The number of halogens is 1. The molecule has 54 heavy (non-hydrogen) atoms. The molecular formula is C40H46ClN3O8S2. The van der Waals surface area contributed by atoms with Gasteiger partial charge in [-0.2, -0.15) is 0 Å². The molecule has 1 aliphatic rings. The SMILES string of the molecule is COc1cc(OCCCN(C)C2CCC(OC(=O)C(O)(c3cccs3)c3cccs3)CC2)c(Cl)cc1CCNC[C@H](O)c1ccc(O)c2[nH]c(=O)ccc12. The lowest BCUT2D eigenvalue weighted by Crippen LogP contribution is -2.42. The van der Waals surface area contributed by atoms with E-state index in [4.69, 9.17) is 25.8 Å². The predicted molar refractivity (Wildman–Crippen MR) is 212 cm³/mol. The summed E-state index contributed by atoms with van der Waals surface area (Å²) in [4.78, 5) is 31.2. The van der Waals surface area contributed by atoms with Crippen LogP contribution >= 0.6 is 34.3 Å². The molecule has 288 valence electrons. The fourth-order valence-electron chi connectivity index (χ4n) is 7.00. The molecule has 3 aromatic heterocycles. The Hall–Kier alpha value is -3.95. The van der Waals surface area contributed by atoms with Gasteiger partial charge in [0.1, 0.15) is 23.4 Å². The molecule has 0 spiro atoms. The summed E-state index contributed by atoms with van der Waals surface area (Å²) in [6.45, 7) is 2.10.